The fraction of sp³-hybridized carbons (Fsp3) is 1.00. The zero-order valence-electron chi connectivity index (χ0n) is 19.2. The van der Waals surface area contributed by atoms with Crippen molar-refractivity contribution in [2.45, 2.75) is 129 Å². The molecule has 0 aliphatic heterocycles. The Morgan fingerprint density at radius 2 is 1.14 bits per heavy atom. The lowest BCUT2D eigenvalue weighted by Crippen LogP contribution is -2.55. The highest BCUT2D eigenvalue weighted by Crippen LogP contribution is 2.13. The van der Waals surface area contributed by atoms with Crippen LogP contribution in [0.1, 0.15) is 123 Å². The predicted octanol–water partition coefficient (Wildman–Crippen LogP) is 4.72. The van der Waals surface area contributed by atoms with Crippen molar-refractivity contribution < 1.29 is 28.0 Å². The topological polar surface area (TPSA) is 114 Å². The number of hydrogen-bond acceptors (Lipinski definition) is 5. The van der Waals surface area contributed by atoms with Crippen LogP contribution in [0.5, 0.6) is 0 Å². The third kappa shape index (κ3) is 32.7. The van der Waals surface area contributed by atoms with Crippen LogP contribution in [0.4, 0.5) is 0 Å². The molecule has 4 N–H and O–H groups in total. The first kappa shape index (κ1) is 31.0. The quantitative estimate of drug-likeness (QED) is 0.162. The van der Waals surface area contributed by atoms with Crippen LogP contribution in [-0.4, -0.2) is 37.3 Å². The van der Waals surface area contributed by atoms with Gasteiger partial charge in [-0.15, -0.1) is 0 Å². The van der Waals surface area contributed by atoms with Crippen molar-refractivity contribution in [1.82, 2.24) is 0 Å². The maximum atomic E-state index is 10.2. The van der Waals surface area contributed by atoms with Gasteiger partial charge in [0, 0.05) is 0 Å². The van der Waals surface area contributed by atoms with E-state index in [4.69, 9.17) is 5.11 Å². The molecule has 0 spiro atoms. The molecule has 0 aromatic rings. The molecule has 0 aliphatic carbocycles. The molecule has 0 saturated carbocycles. The second-order valence-corrected chi connectivity index (χ2v) is 8.96. The zero-order chi connectivity index (χ0) is 22.2. The Morgan fingerprint density at radius 3 is 1.48 bits per heavy atom. The van der Waals surface area contributed by atoms with E-state index >= 15 is 0 Å². The van der Waals surface area contributed by atoms with Crippen molar-refractivity contribution in [3.05, 3.63) is 0 Å². The van der Waals surface area contributed by atoms with Crippen molar-refractivity contribution in [2.24, 2.45) is 0 Å². The number of aliphatic hydroxyl groups is 1. The molecule has 6 nitrogen and oxygen atoms in total. The molecule has 29 heavy (non-hydrogen) atoms. The van der Waals surface area contributed by atoms with E-state index in [0.717, 1.165) is 32.1 Å². The van der Waals surface area contributed by atoms with Gasteiger partial charge in [-0.05, 0) is 12.8 Å². The molecule has 0 fully saturated rings. The van der Waals surface area contributed by atoms with Gasteiger partial charge in [0.1, 0.15) is 12.6 Å². The van der Waals surface area contributed by atoms with Crippen LogP contribution in [0, 0.1) is 0 Å². The van der Waals surface area contributed by atoms with Crippen molar-refractivity contribution in [1.29, 1.82) is 0 Å². The summed E-state index contributed by atoms with van der Waals surface area (Å²) < 4.78 is 34.7. The van der Waals surface area contributed by atoms with Crippen molar-refractivity contribution in [2.75, 3.05) is 13.2 Å². The molecular weight excluding hydrogens is 390 g/mol. The highest BCUT2D eigenvalue weighted by atomic mass is 32.3. The summed E-state index contributed by atoms with van der Waals surface area (Å²) in [5.74, 6) is 0. The number of aliphatic hydroxyl groups excluding tert-OH is 1. The van der Waals surface area contributed by atoms with E-state index in [1.54, 1.807) is 0 Å². The molecule has 178 valence electrons. The molecule has 1 atom stereocenters. The first-order chi connectivity index (χ1) is 13.9. The van der Waals surface area contributed by atoms with Crippen LogP contribution in [0.3, 0.4) is 0 Å². The summed E-state index contributed by atoms with van der Waals surface area (Å²) in [5.41, 5.74) is 3.59. The molecule has 0 saturated heterocycles. The Bertz CT molecular complexity index is 404. The minimum atomic E-state index is -4.49. The van der Waals surface area contributed by atoms with Crippen LogP contribution in [-0.2, 0) is 14.6 Å². The van der Waals surface area contributed by atoms with E-state index in [-0.39, 0.29) is 12.7 Å². The van der Waals surface area contributed by atoms with Crippen LogP contribution in [0.2, 0.25) is 0 Å². The van der Waals surface area contributed by atoms with Gasteiger partial charge < -0.3 is 15.4 Å². The minimum absolute atomic E-state index is 0.0316. The summed E-state index contributed by atoms with van der Waals surface area (Å²) in [6.45, 7) is 5.05. The lowest BCUT2D eigenvalue weighted by Gasteiger charge is -2.07. The molecule has 0 amide bonds. The normalized spacial score (nSPS) is 12.4. The Hall–Kier alpha value is -0.210. The molecule has 0 bridgehead atoms. The summed E-state index contributed by atoms with van der Waals surface area (Å²) in [4.78, 5) is 0. The van der Waals surface area contributed by atoms with Crippen molar-refractivity contribution in [3.63, 3.8) is 0 Å². The van der Waals surface area contributed by atoms with Gasteiger partial charge in [0.05, 0.1) is 6.61 Å². The highest BCUT2D eigenvalue weighted by Gasteiger charge is 1.99. The SMILES string of the molecule is CCCCC(O)C[NH3+].CCCCCCCCCCCCCCCCOS(=O)(=O)[O-]. The summed E-state index contributed by atoms with van der Waals surface area (Å²) >= 11 is 0. The standard InChI is InChI=1S/C16H34O4S.C6H15NO/c1-2-3-4-5-6-7-8-9-10-11-12-13-14-15-16-20-21(17,18)19;1-2-3-4-6(8)5-7/h2-16H2,1H3,(H,17,18,19);6,8H,2-5,7H2,1H3. The predicted molar refractivity (Wildman–Crippen MR) is 119 cm³/mol. The largest absolute Gasteiger partial charge is 0.726 e. The highest BCUT2D eigenvalue weighted by molar-refractivity contribution is 7.80. The van der Waals surface area contributed by atoms with Gasteiger partial charge in [-0.2, -0.15) is 0 Å². The summed E-state index contributed by atoms with van der Waals surface area (Å²) in [5, 5.41) is 8.93. The van der Waals surface area contributed by atoms with Crippen LogP contribution >= 0.6 is 0 Å². The zero-order valence-corrected chi connectivity index (χ0v) is 20.0. The van der Waals surface area contributed by atoms with Crippen LogP contribution < -0.4 is 5.73 Å². The summed E-state index contributed by atoms with van der Waals surface area (Å²) in [6, 6.07) is 0. The second kappa shape index (κ2) is 24.1. The van der Waals surface area contributed by atoms with Gasteiger partial charge in [0.25, 0.3) is 0 Å². The summed E-state index contributed by atoms with van der Waals surface area (Å²) in [7, 11) is -4.49. The molecule has 0 rings (SSSR count). The maximum absolute atomic E-state index is 10.2. The fourth-order valence-corrected chi connectivity index (χ4v) is 3.36. The fourth-order valence-electron chi connectivity index (χ4n) is 3.04. The van der Waals surface area contributed by atoms with Gasteiger partial charge in [0.15, 0.2) is 0 Å². The molecular formula is C22H49NO5S. The van der Waals surface area contributed by atoms with E-state index in [1.165, 1.54) is 70.6 Å². The van der Waals surface area contributed by atoms with Crippen molar-refractivity contribution >= 4 is 10.4 Å². The van der Waals surface area contributed by atoms with E-state index in [1.807, 2.05) is 0 Å². The molecule has 0 aromatic heterocycles. The number of quaternary nitrogens is 1. The number of unbranched alkanes of at least 4 members (excludes halogenated alkanes) is 14. The van der Waals surface area contributed by atoms with E-state index in [9.17, 15) is 13.0 Å². The monoisotopic (exact) mass is 439 g/mol. The molecule has 0 radical (unpaired) electrons. The number of rotatable bonds is 20. The molecule has 0 aliphatic rings. The number of hydrogen-bond donors (Lipinski definition) is 2. The van der Waals surface area contributed by atoms with Crippen molar-refractivity contribution in [3.8, 4) is 0 Å². The van der Waals surface area contributed by atoms with Gasteiger partial charge in [-0.1, -0.05) is 110 Å². The molecule has 7 heteroatoms. The Labute approximate surface area is 180 Å². The van der Waals surface area contributed by atoms with Gasteiger partial charge in [-0.3, -0.25) is 4.18 Å². The maximum Gasteiger partial charge on any atom is 0.217 e. The molecule has 0 heterocycles. The first-order valence-corrected chi connectivity index (χ1v) is 13.3. The lowest BCUT2D eigenvalue weighted by atomic mass is 10.0. The average Bonchev–Trinajstić information content (AvgIpc) is 2.68. The minimum Gasteiger partial charge on any atom is -0.726 e. The summed E-state index contributed by atoms with van der Waals surface area (Å²) in [6.07, 6.45) is 20.5. The van der Waals surface area contributed by atoms with Gasteiger partial charge in [0.2, 0.25) is 10.4 Å². The third-order valence-electron chi connectivity index (χ3n) is 4.95. The third-order valence-corrected chi connectivity index (χ3v) is 5.41. The lowest BCUT2D eigenvalue weighted by molar-refractivity contribution is -0.384. The second-order valence-electron chi connectivity index (χ2n) is 7.91. The Balaban J connectivity index is 0. The van der Waals surface area contributed by atoms with E-state index < -0.39 is 10.4 Å². The smallest absolute Gasteiger partial charge is 0.217 e. The molecule has 0 aromatic carbocycles. The Morgan fingerprint density at radius 1 is 0.759 bits per heavy atom. The average molecular weight is 440 g/mol. The van der Waals surface area contributed by atoms with E-state index in [2.05, 4.69) is 23.8 Å². The van der Waals surface area contributed by atoms with Gasteiger partial charge in [-0.25, -0.2) is 8.42 Å². The van der Waals surface area contributed by atoms with Crippen LogP contribution in [0.25, 0.3) is 0 Å². The first-order valence-electron chi connectivity index (χ1n) is 11.9. The molecule has 1 unspecified atom stereocenters. The Kier molecular flexibility index (Phi) is 25.7. The van der Waals surface area contributed by atoms with E-state index in [0.29, 0.717) is 13.0 Å². The van der Waals surface area contributed by atoms with Crippen LogP contribution in [0.15, 0.2) is 0 Å². The van der Waals surface area contributed by atoms with Gasteiger partial charge >= 0.3 is 0 Å².